The van der Waals surface area contributed by atoms with E-state index in [1.165, 1.54) is 0 Å². The minimum atomic E-state index is -0.559. The third-order valence-corrected chi connectivity index (χ3v) is 2.62. The zero-order chi connectivity index (χ0) is 9.78. The Morgan fingerprint density at radius 1 is 1.50 bits per heavy atom. The molecule has 0 aliphatic rings. The molecule has 1 amide bonds. The molecule has 0 aromatic heterocycles. The van der Waals surface area contributed by atoms with Gasteiger partial charge >= 0.3 is 0 Å². The van der Waals surface area contributed by atoms with E-state index in [0.717, 1.165) is 12.8 Å². The highest BCUT2D eigenvalue weighted by Crippen LogP contribution is 2.33. The molecule has 0 aliphatic carbocycles. The van der Waals surface area contributed by atoms with Crippen molar-refractivity contribution in [1.29, 1.82) is 0 Å². The Bertz CT molecular complexity index is 177. The van der Waals surface area contributed by atoms with Crippen molar-refractivity contribution in [1.82, 2.24) is 0 Å². The van der Waals surface area contributed by atoms with Crippen LogP contribution in [0.2, 0.25) is 0 Å². The number of nitroso groups, excluding NO2 is 1. The summed E-state index contributed by atoms with van der Waals surface area (Å²) in [6.07, 6.45) is 1.63. The molecular weight excluding hydrogens is 154 g/mol. The van der Waals surface area contributed by atoms with Gasteiger partial charge in [-0.15, -0.1) is 4.91 Å². The number of carbonyl (C=O) groups is 1. The molecule has 1 unspecified atom stereocenters. The van der Waals surface area contributed by atoms with Gasteiger partial charge in [-0.05, 0) is 12.3 Å². The molecule has 0 aromatic carbocycles. The van der Waals surface area contributed by atoms with Gasteiger partial charge in [-0.2, -0.15) is 0 Å². The third-order valence-electron chi connectivity index (χ3n) is 2.62. The second-order valence-corrected chi connectivity index (χ2v) is 3.72. The number of hydrogen-bond acceptors (Lipinski definition) is 2. The quantitative estimate of drug-likeness (QED) is 0.610. The van der Waals surface area contributed by atoms with E-state index in [4.69, 9.17) is 0 Å². The summed E-state index contributed by atoms with van der Waals surface area (Å²) in [5.41, 5.74) is -0.559. The third kappa shape index (κ3) is 2.13. The Hall–Kier alpha value is -0.730. The van der Waals surface area contributed by atoms with E-state index in [-0.39, 0.29) is 5.92 Å². The molecule has 0 radical (unpaired) electrons. The number of carbonyl (C=O) groups excluding carboxylic acids is 1. The van der Waals surface area contributed by atoms with Gasteiger partial charge in [-0.1, -0.05) is 34.1 Å². The average Bonchev–Trinajstić information content (AvgIpc) is 2.03. The Labute approximate surface area is 73.5 Å². The largest absolute Gasteiger partial charge is 0.292 e. The second-order valence-electron chi connectivity index (χ2n) is 3.72. The lowest BCUT2D eigenvalue weighted by molar-refractivity contribution is -0.129. The maximum absolute atomic E-state index is 11.2. The smallest absolute Gasteiger partial charge is 0.268 e. The van der Waals surface area contributed by atoms with Crippen molar-refractivity contribution in [3.05, 3.63) is 4.91 Å². The van der Waals surface area contributed by atoms with Crippen LogP contribution in [0.1, 0.15) is 40.5 Å². The van der Waals surface area contributed by atoms with Crippen LogP contribution in [-0.2, 0) is 4.79 Å². The summed E-state index contributed by atoms with van der Waals surface area (Å²) in [4.78, 5) is 21.3. The molecule has 0 aliphatic heterocycles. The van der Waals surface area contributed by atoms with Crippen LogP contribution in [0.5, 0.6) is 0 Å². The molecule has 0 aromatic rings. The standard InChI is InChI=1S/C9H17NO2/c1-5-6-9(4,7(2)3)8(11)10-12/h7H,5-6H2,1-4H3. The second kappa shape index (κ2) is 4.33. The van der Waals surface area contributed by atoms with Gasteiger partial charge in [-0.3, -0.25) is 4.79 Å². The molecule has 3 heteroatoms. The maximum atomic E-state index is 11.2. The molecule has 0 fully saturated rings. The highest BCUT2D eigenvalue weighted by molar-refractivity contribution is 5.83. The van der Waals surface area contributed by atoms with Gasteiger partial charge in [0.2, 0.25) is 0 Å². The number of nitrogens with zero attached hydrogens (tertiary/aromatic N) is 1. The van der Waals surface area contributed by atoms with Crippen molar-refractivity contribution >= 4 is 5.91 Å². The fourth-order valence-corrected chi connectivity index (χ4v) is 1.27. The van der Waals surface area contributed by atoms with Gasteiger partial charge in [0.1, 0.15) is 0 Å². The molecule has 0 saturated carbocycles. The number of amides is 1. The summed E-state index contributed by atoms with van der Waals surface area (Å²) in [5, 5.41) is 2.51. The molecule has 12 heavy (non-hydrogen) atoms. The van der Waals surface area contributed by atoms with E-state index in [9.17, 15) is 9.70 Å². The number of rotatable bonds is 4. The first-order valence-electron chi connectivity index (χ1n) is 4.36. The summed E-state index contributed by atoms with van der Waals surface area (Å²) in [7, 11) is 0. The van der Waals surface area contributed by atoms with Crippen molar-refractivity contribution in [2.24, 2.45) is 16.5 Å². The molecule has 3 nitrogen and oxygen atoms in total. The summed E-state index contributed by atoms with van der Waals surface area (Å²) >= 11 is 0. The van der Waals surface area contributed by atoms with Gasteiger partial charge in [-0.25, -0.2) is 0 Å². The van der Waals surface area contributed by atoms with Crippen LogP contribution in [0.3, 0.4) is 0 Å². The summed E-state index contributed by atoms with van der Waals surface area (Å²) < 4.78 is 0. The lowest BCUT2D eigenvalue weighted by Gasteiger charge is -2.28. The zero-order valence-corrected chi connectivity index (χ0v) is 8.26. The van der Waals surface area contributed by atoms with Gasteiger partial charge in [0.05, 0.1) is 5.41 Å². The first-order valence-corrected chi connectivity index (χ1v) is 4.36. The maximum Gasteiger partial charge on any atom is 0.292 e. The van der Waals surface area contributed by atoms with Crippen molar-refractivity contribution in [2.45, 2.75) is 40.5 Å². The predicted molar refractivity (Wildman–Crippen MR) is 48.7 cm³/mol. The SMILES string of the molecule is CCCC(C)(C(=O)N=O)C(C)C. The normalized spacial score (nSPS) is 15.8. The van der Waals surface area contributed by atoms with E-state index in [1.54, 1.807) is 0 Å². The molecule has 0 bridgehead atoms. The first-order chi connectivity index (χ1) is 5.49. The van der Waals surface area contributed by atoms with Gasteiger partial charge < -0.3 is 0 Å². The van der Waals surface area contributed by atoms with Crippen LogP contribution in [0, 0.1) is 16.2 Å². The first kappa shape index (κ1) is 11.3. The van der Waals surface area contributed by atoms with Gasteiger partial charge in [0, 0.05) is 5.18 Å². The topological polar surface area (TPSA) is 46.5 Å². The Kier molecular flexibility index (Phi) is 4.07. The molecule has 0 N–H and O–H groups in total. The van der Waals surface area contributed by atoms with Crippen LogP contribution in [0.4, 0.5) is 0 Å². The number of hydrogen-bond donors (Lipinski definition) is 0. The van der Waals surface area contributed by atoms with Crippen molar-refractivity contribution in [3.8, 4) is 0 Å². The molecule has 0 spiro atoms. The average molecular weight is 171 g/mol. The molecular formula is C9H17NO2. The fourth-order valence-electron chi connectivity index (χ4n) is 1.27. The van der Waals surface area contributed by atoms with E-state index in [1.807, 2.05) is 27.7 Å². The summed E-state index contributed by atoms with van der Waals surface area (Å²) in [6.45, 7) is 7.70. The molecule has 0 saturated heterocycles. The Balaban J connectivity index is 4.60. The van der Waals surface area contributed by atoms with E-state index < -0.39 is 11.3 Å². The van der Waals surface area contributed by atoms with E-state index >= 15 is 0 Å². The van der Waals surface area contributed by atoms with Crippen LogP contribution in [0.15, 0.2) is 5.18 Å². The highest BCUT2D eigenvalue weighted by Gasteiger charge is 2.36. The van der Waals surface area contributed by atoms with Crippen LogP contribution >= 0.6 is 0 Å². The predicted octanol–water partition coefficient (Wildman–Crippen LogP) is 2.74. The summed E-state index contributed by atoms with van der Waals surface area (Å²) in [6, 6.07) is 0. The monoisotopic (exact) mass is 171 g/mol. The lowest BCUT2D eigenvalue weighted by atomic mass is 9.75. The minimum absolute atomic E-state index is 0.169. The van der Waals surface area contributed by atoms with Crippen LogP contribution < -0.4 is 0 Å². The minimum Gasteiger partial charge on any atom is -0.268 e. The Morgan fingerprint density at radius 3 is 2.25 bits per heavy atom. The molecule has 0 rings (SSSR count). The molecule has 0 heterocycles. The molecule has 70 valence electrons. The fraction of sp³-hybridized carbons (Fsp3) is 0.889. The van der Waals surface area contributed by atoms with Gasteiger partial charge in [0.15, 0.2) is 0 Å². The Morgan fingerprint density at radius 2 is 2.00 bits per heavy atom. The van der Waals surface area contributed by atoms with Gasteiger partial charge in [0.25, 0.3) is 5.91 Å². The van der Waals surface area contributed by atoms with Crippen molar-refractivity contribution in [2.75, 3.05) is 0 Å². The van der Waals surface area contributed by atoms with E-state index in [2.05, 4.69) is 5.18 Å². The highest BCUT2D eigenvalue weighted by atomic mass is 16.3. The van der Waals surface area contributed by atoms with Crippen molar-refractivity contribution in [3.63, 3.8) is 0 Å². The molecule has 1 atom stereocenters. The van der Waals surface area contributed by atoms with Crippen LogP contribution in [-0.4, -0.2) is 5.91 Å². The van der Waals surface area contributed by atoms with E-state index in [0.29, 0.717) is 0 Å². The summed E-state index contributed by atoms with van der Waals surface area (Å²) in [5.74, 6) is -0.345. The van der Waals surface area contributed by atoms with Crippen LogP contribution in [0.25, 0.3) is 0 Å². The lowest BCUT2D eigenvalue weighted by Crippen LogP contribution is -2.31. The van der Waals surface area contributed by atoms with Crippen molar-refractivity contribution < 1.29 is 4.79 Å². The zero-order valence-electron chi connectivity index (χ0n) is 8.26.